The number of carbonyl (C=O) groups is 2. The maximum absolute atomic E-state index is 12.0. The van der Waals surface area contributed by atoms with Crippen LogP contribution in [0.1, 0.15) is 155 Å². The normalized spacial score (nSPS) is 12.4. The SMILES string of the molecule is CCCCC/C=C\C/C=C\CCCCCCCC(=O)NCC(O)COC(=O)CCCCCCCCCCC. The standard InChI is InChI=1S/C33H61NO4/c1-3-5-7-9-11-13-14-15-16-17-18-20-21-23-25-27-32(36)34-29-31(35)30-38-33(37)28-26-24-22-19-12-10-8-6-4-2/h11,13,15-16,31,35H,3-10,12,14,17-30H2,1-2H3,(H,34,36)/b13-11-,16-15-. The van der Waals surface area contributed by atoms with Gasteiger partial charge in [-0.3, -0.25) is 9.59 Å². The lowest BCUT2D eigenvalue weighted by atomic mass is 10.1. The fourth-order valence-corrected chi connectivity index (χ4v) is 4.32. The van der Waals surface area contributed by atoms with Gasteiger partial charge in [-0.05, 0) is 44.9 Å². The Hall–Kier alpha value is -1.62. The molecule has 0 saturated heterocycles. The highest BCUT2D eigenvalue weighted by atomic mass is 16.5. The second-order valence-corrected chi connectivity index (χ2v) is 10.7. The largest absolute Gasteiger partial charge is 0.463 e. The molecule has 0 aliphatic rings. The van der Waals surface area contributed by atoms with E-state index in [1.807, 2.05) is 0 Å². The van der Waals surface area contributed by atoms with Crippen LogP contribution in [0, 0.1) is 0 Å². The van der Waals surface area contributed by atoms with E-state index in [9.17, 15) is 14.7 Å². The fraction of sp³-hybridized carbons (Fsp3) is 0.818. The topological polar surface area (TPSA) is 75.6 Å². The van der Waals surface area contributed by atoms with Gasteiger partial charge < -0.3 is 15.2 Å². The minimum Gasteiger partial charge on any atom is -0.463 e. The fourth-order valence-electron chi connectivity index (χ4n) is 4.32. The molecule has 0 spiro atoms. The number of aliphatic hydroxyl groups excluding tert-OH is 1. The highest BCUT2D eigenvalue weighted by Gasteiger charge is 2.10. The van der Waals surface area contributed by atoms with Crippen LogP contribution in [0.25, 0.3) is 0 Å². The van der Waals surface area contributed by atoms with Crippen LogP contribution in [0.15, 0.2) is 24.3 Å². The third-order valence-corrected chi connectivity index (χ3v) is 6.81. The molecular weight excluding hydrogens is 474 g/mol. The summed E-state index contributed by atoms with van der Waals surface area (Å²) >= 11 is 0. The number of hydrogen-bond donors (Lipinski definition) is 2. The van der Waals surface area contributed by atoms with Gasteiger partial charge >= 0.3 is 5.97 Å². The van der Waals surface area contributed by atoms with Gasteiger partial charge in [0, 0.05) is 19.4 Å². The summed E-state index contributed by atoms with van der Waals surface area (Å²) in [5.41, 5.74) is 0. The predicted molar refractivity (Wildman–Crippen MR) is 161 cm³/mol. The van der Waals surface area contributed by atoms with Crippen LogP contribution in [-0.4, -0.2) is 36.2 Å². The Morgan fingerprint density at radius 3 is 1.74 bits per heavy atom. The lowest BCUT2D eigenvalue weighted by Crippen LogP contribution is -2.35. The zero-order chi connectivity index (χ0) is 27.9. The molecule has 0 rings (SSSR count). The highest BCUT2D eigenvalue weighted by molar-refractivity contribution is 5.75. The van der Waals surface area contributed by atoms with E-state index in [1.54, 1.807) is 0 Å². The lowest BCUT2D eigenvalue weighted by molar-refractivity contribution is -0.146. The molecule has 0 bridgehead atoms. The molecule has 0 aromatic rings. The molecule has 0 aliphatic heterocycles. The number of unbranched alkanes of at least 4 members (excludes halogenated alkanes) is 16. The third-order valence-electron chi connectivity index (χ3n) is 6.81. The molecule has 1 atom stereocenters. The number of hydrogen-bond acceptors (Lipinski definition) is 4. The molecule has 0 fully saturated rings. The van der Waals surface area contributed by atoms with Crippen molar-refractivity contribution in [1.29, 1.82) is 0 Å². The summed E-state index contributed by atoms with van der Waals surface area (Å²) in [6, 6.07) is 0. The first-order chi connectivity index (χ1) is 18.6. The highest BCUT2D eigenvalue weighted by Crippen LogP contribution is 2.11. The van der Waals surface area contributed by atoms with Crippen molar-refractivity contribution in [3.05, 3.63) is 24.3 Å². The van der Waals surface area contributed by atoms with Crippen LogP contribution in [0.5, 0.6) is 0 Å². The zero-order valence-electron chi connectivity index (χ0n) is 25.0. The van der Waals surface area contributed by atoms with E-state index in [-0.39, 0.29) is 25.0 Å². The van der Waals surface area contributed by atoms with Crippen molar-refractivity contribution in [2.75, 3.05) is 13.2 Å². The van der Waals surface area contributed by atoms with Crippen molar-refractivity contribution >= 4 is 11.9 Å². The Labute approximate surface area is 235 Å². The molecule has 0 aromatic carbocycles. The summed E-state index contributed by atoms with van der Waals surface area (Å²) in [5, 5.41) is 12.7. The molecule has 0 aromatic heterocycles. The monoisotopic (exact) mass is 535 g/mol. The van der Waals surface area contributed by atoms with Gasteiger partial charge in [-0.1, -0.05) is 122 Å². The first kappa shape index (κ1) is 36.4. The number of nitrogens with one attached hydrogen (secondary N) is 1. The maximum Gasteiger partial charge on any atom is 0.305 e. The van der Waals surface area contributed by atoms with Crippen molar-refractivity contribution in [2.45, 2.75) is 161 Å². The van der Waals surface area contributed by atoms with Gasteiger partial charge in [0.15, 0.2) is 0 Å². The summed E-state index contributed by atoms with van der Waals surface area (Å²) < 4.78 is 5.15. The molecule has 1 amide bonds. The molecule has 0 radical (unpaired) electrons. The molecule has 0 heterocycles. The lowest BCUT2D eigenvalue weighted by Gasteiger charge is -2.12. The number of allylic oxidation sites excluding steroid dienone is 4. The number of aliphatic hydroxyl groups is 1. The minimum absolute atomic E-state index is 0.0456. The van der Waals surface area contributed by atoms with E-state index in [0.717, 1.165) is 44.9 Å². The van der Waals surface area contributed by atoms with Gasteiger partial charge in [0.2, 0.25) is 5.91 Å². The predicted octanol–water partition coefficient (Wildman–Crippen LogP) is 8.74. The first-order valence-electron chi connectivity index (χ1n) is 16.0. The van der Waals surface area contributed by atoms with Crippen molar-refractivity contribution in [2.24, 2.45) is 0 Å². The number of carbonyl (C=O) groups excluding carboxylic acids is 2. The molecule has 2 N–H and O–H groups in total. The number of rotatable bonds is 28. The molecule has 5 nitrogen and oxygen atoms in total. The molecule has 0 saturated carbocycles. The molecule has 38 heavy (non-hydrogen) atoms. The Morgan fingerprint density at radius 2 is 1.13 bits per heavy atom. The quantitative estimate of drug-likeness (QED) is 0.0596. The average molecular weight is 536 g/mol. The maximum atomic E-state index is 12.0. The van der Waals surface area contributed by atoms with Crippen LogP contribution in [0.4, 0.5) is 0 Å². The van der Waals surface area contributed by atoms with Gasteiger partial charge in [0.05, 0.1) is 0 Å². The Kier molecular flexibility index (Phi) is 28.7. The van der Waals surface area contributed by atoms with Crippen LogP contribution in [-0.2, 0) is 14.3 Å². The molecular formula is C33H61NO4. The van der Waals surface area contributed by atoms with Gasteiger partial charge in [0.25, 0.3) is 0 Å². The van der Waals surface area contributed by atoms with Crippen molar-refractivity contribution in [3.8, 4) is 0 Å². The van der Waals surface area contributed by atoms with E-state index < -0.39 is 6.10 Å². The second-order valence-electron chi connectivity index (χ2n) is 10.7. The van der Waals surface area contributed by atoms with Crippen LogP contribution >= 0.6 is 0 Å². The second kappa shape index (κ2) is 29.9. The van der Waals surface area contributed by atoms with Crippen molar-refractivity contribution < 1.29 is 19.4 Å². The molecule has 1 unspecified atom stereocenters. The number of amides is 1. The van der Waals surface area contributed by atoms with Crippen LogP contribution < -0.4 is 5.32 Å². The average Bonchev–Trinajstić information content (AvgIpc) is 2.92. The van der Waals surface area contributed by atoms with E-state index >= 15 is 0 Å². The van der Waals surface area contributed by atoms with E-state index in [0.29, 0.717) is 12.8 Å². The van der Waals surface area contributed by atoms with Gasteiger partial charge in [-0.15, -0.1) is 0 Å². The van der Waals surface area contributed by atoms with Crippen LogP contribution in [0.3, 0.4) is 0 Å². The third kappa shape index (κ3) is 28.9. The molecule has 0 aliphatic carbocycles. The summed E-state index contributed by atoms with van der Waals surface area (Å²) in [7, 11) is 0. The molecule has 5 heteroatoms. The van der Waals surface area contributed by atoms with Crippen molar-refractivity contribution in [3.63, 3.8) is 0 Å². The minimum atomic E-state index is -0.851. The number of ether oxygens (including phenoxy) is 1. The summed E-state index contributed by atoms with van der Waals surface area (Å²) in [6.07, 6.45) is 32.7. The van der Waals surface area contributed by atoms with Crippen LogP contribution in [0.2, 0.25) is 0 Å². The summed E-state index contributed by atoms with van der Waals surface area (Å²) in [5.74, 6) is -0.306. The van der Waals surface area contributed by atoms with Gasteiger partial charge in [-0.2, -0.15) is 0 Å². The van der Waals surface area contributed by atoms with E-state index in [1.165, 1.54) is 83.5 Å². The zero-order valence-corrected chi connectivity index (χ0v) is 25.0. The van der Waals surface area contributed by atoms with Gasteiger partial charge in [-0.25, -0.2) is 0 Å². The molecule has 222 valence electrons. The van der Waals surface area contributed by atoms with Gasteiger partial charge in [0.1, 0.15) is 12.7 Å². The Bertz CT molecular complexity index is 588. The van der Waals surface area contributed by atoms with Crippen molar-refractivity contribution in [1.82, 2.24) is 5.32 Å². The van der Waals surface area contributed by atoms with E-state index in [2.05, 4.69) is 43.5 Å². The summed E-state index contributed by atoms with van der Waals surface area (Å²) in [4.78, 5) is 23.8. The number of esters is 1. The summed E-state index contributed by atoms with van der Waals surface area (Å²) in [6.45, 7) is 4.54. The Morgan fingerprint density at radius 1 is 0.658 bits per heavy atom. The first-order valence-corrected chi connectivity index (χ1v) is 16.0. The Balaban J connectivity index is 3.48. The smallest absolute Gasteiger partial charge is 0.305 e. The van der Waals surface area contributed by atoms with E-state index in [4.69, 9.17) is 4.74 Å².